The number of nitrogens with one attached hydrogen (secondary N) is 2. The first kappa shape index (κ1) is 24.7. The van der Waals surface area contributed by atoms with Crippen molar-refractivity contribution in [1.82, 2.24) is 23.8 Å². The number of fused-ring (bicyclic) bond motifs is 1. The van der Waals surface area contributed by atoms with E-state index in [2.05, 4.69) is 25.6 Å². The molecule has 10 nitrogen and oxygen atoms in total. The van der Waals surface area contributed by atoms with E-state index in [0.717, 1.165) is 19.1 Å². The van der Waals surface area contributed by atoms with Crippen LogP contribution in [0.1, 0.15) is 38.1 Å². The van der Waals surface area contributed by atoms with Gasteiger partial charge in [-0.3, -0.25) is 4.57 Å². The number of imidazole rings is 1. The topological polar surface area (TPSA) is 125 Å². The van der Waals surface area contributed by atoms with Crippen LogP contribution >= 0.6 is 0 Å². The van der Waals surface area contributed by atoms with Gasteiger partial charge in [-0.15, -0.1) is 0 Å². The van der Waals surface area contributed by atoms with Crippen LogP contribution in [0.25, 0.3) is 11.2 Å². The zero-order chi connectivity index (χ0) is 25.6. The average Bonchev–Trinajstić information content (AvgIpc) is 3.42. The fourth-order valence-corrected chi connectivity index (χ4v) is 5.67. The van der Waals surface area contributed by atoms with E-state index in [9.17, 15) is 26.7 Å². The first-order valence-electron chi connectivity index (χ1n) is 11.6. The Hall–Kier alpha value is -2.97. The van der Waals surface area contributed by atoms with Crippen LogP contribution in [0.3, 0.4) is 0 Å². The van der Waals surface area contributed by atoms with Gasteiger partial charge in [0.05, 0.1) is 24.6 Å². The first-order valence-corrected chi connectivity index (χ1v) is 13.5. The van der Waals surface area contributed by atoms with Crippen LogP contribution in [0.15, 0.2) is 18.3 Å². The molecule has 1 aliphatic heterocycles. The zero-order valence-electron chi connectivity index (χ0n) is 19.5. The molecule has 3 heterocycles. The highest BCUT2D eigenvalue weighted by molar-refractivity contribution is 7.88. The lowest BCUT2D eigenvalue weighted by molar-refractivity contribution is 0.126. The van der Waals surface area contributed by atoms with Gasteiger partial charge in [0.1, 0.15) is 17.0 Å². The number of hydrogen-bond donors (Lipinski definition) is 3. The molecule has 3 N–H and O–H groups in total. The standard InChI is InChI=1S/C22H26F3N7O3S/c1-36(34,35)31-7-6-14(11-31)32-20-18(10-26-21(30-20)27-13-2-4-15(33)5-3-13)28-22(32)29-19-16(24)8-12(23)9-17(19)25/h8-10,13-15,33H,2-7,11H2,1H3,(H,28,29)(H,26,27,30)/t13?,14-,15?/m1/s1. The summed E-state index contributed by atoms with van der Waals surface area (Å²) in [5, 5.41) is 15.6. The molecular weight excluding hydrogens is 499 g/mol. The molecule has 0 unspecified atom stereocenters. The number of aliphatic hydroxyl groups is 1. The van der Waals surface area contributed by atoms with Crippen LogP contribution in [-0.4, -0.2) is 68.8 Å². The number of rotatable bonds is 6. The fraction of sp³-hybridized carbons (Fsp3) is 0.500. The molecule has 1 atom stereocenters. The monoisotopic (exact) mass is 525 g/mol. The third-order valence-corrected chi connectivity index (χ3v) is 7.94. The molecule has 0 radical (unpaired) electrons. The largest absolute Gasteiger partial charge is 0.393 e. The maximum Gasteiger partial charge on any atom is 0.224 e. The summed E-state index contributed by atoms with van der Waals surface area (Å²) in [6, 6.07) is 0.769. The number of aromatic nitrogens is 4. The van der Waals surface area contributed by atoms with E-state index in [-0.39, 0.29) is 31.2 Å². The van der Waals surface area contributed by atoms with Gasteiger partial charge in [-0.05, 0) is 32.1 Å². The second kappa shape index (κ2) is 9.48. The van der Waals surface area contributed by atoms with Crippen molar-refractivity contribution in [2.24, 2.45) is 0 Å². The van der Waals surface area contributed by atoms with Crippen LogP contribution in [0.5, 0.6) is 0 Å². The number of sulfonamides is 1. The second-order valence-corrected chi connectivity index (χ2v) is 11.3. The molecule has 0 spiro atoms. The van der Waals surface area contributed by atoms with Crippen molar-refractivity contribution in [2.45, 2.75) is 50.3 Å². The van der Waals surface area contributed by atoms with E-state index >= 15 is 0 Å². The Balaban J connectivity index is 1.54. The molecule has 1 saturated carbocycles. The van der Waals surface area contributed by atoms with Gasteiger partial charge in [0.2, 0.25) is 21.9 Å². The third-order valence-electron chi connectivity index (χ3n) is 6.67. The van der Waals surface area contributed by atoms with Gasteiger partial charge in [-0.1, -0.05) is 0 Å². The van der Waals surface area contributed by atoms with Crippen molar-refractivity contribution < 1.29 is 26.7 Å². The average molecular weight is 526 g/mol. The summed E-state index contributed by atoms with van der Waals surface area (Å²) in [6.45, 7) is 0.392. The van der Waals surface area contributed by atoms with Gasteiger partial charge < -0.3 is 15.7 Å². The van der Waals surface area contributed by atoms with Gasteiger partial charge in [-0.2, -0.15) is 4.98 Å². The predicted octanol–water partition coefficient (Wildman–Crippen LogP) is 2.91. The molecule has 2 aromatic heterocycles. The molecule has 3 aromatic rings. The molecule has 1 aliphatic carbocycles. The molecule has 5 rings (SSSR count). The van der Waals surface area contributed by atoms with Crippen LogP contribution in [0.2, 0.25) is 0 Å². The second-order valence-electron chi connectivity index (χ2n) is 9.29. The first-order chi connectivity index (χ1) is 17.1. The molecule has 2 fully saturated rings. The van der Waals surface area contributed by atoms with Crippen molar-refractivity contribution in [3.05, 3.63) is 35.8 Å². The smallest absolute Gasteiger partial charge is 0.224 e. The predicted molar refractivity (Wildman–Crippen MR) is 127 cm³/mol. The van der Waals surface area contributed by atoms with Crippen LogP contribution < -0.4 is 10.6 Å². The summed E-state index contributed by atoms with van der Waals surface area (Å²) >= 11 is 0. The van der Waals surface area contributed by atoms with Crippen molar-refractivity contribution >= 4 is 38.8 Å². The number of aliphatic hydroxyl groups excluding tert-OH is 1. The number of hydrogen-bond acceptors (Lipinski definition) is 8. The summed E-state index contributed by atoms with van der Waals surface area (Å²) in [5.74, 6) is -2.97. The summed E-state index contributed by atoms with van der Waals surface area (Å²) in [5.41, 5.74) is 0.106. The van der Waals surface area contributed by atoms with E-state index in [4.69, 9.17) is 0 Å². The summed E-state index contributed by atoms with van der Waals surface area (Å²) < 4.78 is 69.4. The van der Waals surface area contributed by atoms with Crippen molar-refractivity contribution in [3.63, 3.8) is 0 Å². The molecule has 194 valence electrons. The minimum Gasteiger partial charge on any atom is -0.393 e. The third kappa shape index (κ3) is 4.97. The van der Waals surface area contributed by atoms with Gasteiger partial charge >= 0.3 is 0 Å². The summed E-state index contributed by atoms with van der Waals surface area (Å²) in [7, 11) is -3.45. The maximum absolute atomic E-state index is 14.4. The summed E-state index contributed by atoms with van der Waals surface area (Å²) in [4.78, 5) is 13.3. The zero-order valence-corrected chi connectivity index (χ0v) is 20.3. The van der Waals surface area contributed by atoms with Crippen LogP contribution in [0, 0.1) is 17.5 Å². The maximum atomic E-state index is 14.4. The summed E-state index contributed by atoms with van der Waals surface area (Å²) in [6.07, 6.45) is 5.56. The molecule has 0 bridgehead atoms. The molecular formula is C22H26F3N7O3S. The number of benzene rings is 1. The van der Waals surface area contributed by atoms with Crippen LogP contribution in [0.4, 0.5) is 30.8 Å². The molecule has 14 heteroatoms. The van der Waals surface area contributed by atoms with Crippen molar-refractivity contribution in [2.75, 3.05) is 30.0 Å². The molecule has 36 heavy (non-hydrogen) atoms. The van der Waals surface area contributed by atoms with Crippen LogP contribution in [-0.2, 0) is 10.0 Å². The molecule has 1 aromatic carbocycles. The van der Waals surface area contributed by atoms with Gasteiger partial charge in [0.25, 0.3) is 0 Å². The Morgan fingerprint density at radius 2 is 1.75 bits per heavy atom. The Bertz CT molecular complexity index is 1370. The Morgan fingerprint density at radius 1 is 1.06 bits per heavy atom. The lowest BCUT2D eigenvalue weighted by atomic mass is 9.93. The van der Waals surface area contributed by atoms with Crippen molar-refractivity contribution in [1.29, 1.82) is 0 Å². The molecule has 0 amide bonds. The lowest BCUT2D eigenvalue weighted by Gasteiger charge is -2.26. The minimum absolute atomic E-state index is 0.0296. The highest BCUT2D eigenvalue weighted by atomic mass is 32.2. The van der Waals surface area contributed by atoms with E-state index in [1.165, 1.54) is 10.5 Å². The van der Waals surface area contributed by atoms with E-state index < -0.39 is 39.2 Å². The lowest BCUT2D eigenvalue weighted by Crippen LogP contribution is -2.29. The van der Waals surface area contributed by atoms with Crippen molar-refractivity contribution in [3.8, 4) is 0 Å². The Morgan fingerprint density at radius 3 is 2.39 bits per heavy atom. The quantitative estimate of drug-likeness (QED) is 0.449. The van der Waals surface area contributed by atoms with E-state index in [0.29, 0.717) is 48.5 Å². The highest BCUT2D eigenvalue weighted by Crippen LogP contribution is 2.33. The number of nitrogens with zero attached hydrogens (tertiary/aromatic N) is 5. The normalized spacial score (nSPS) is 23.3. The Kier molecular flexibility index (Phi) is 6.51. The molecule has 1 saturated heterocycles. The SMILES string of the molecule is CS(=O)(=O)N1CC[C@@H](n2c(Nc3c(F)cc(F)cc3F)nc3cnc(NC4CCC(O)CC4)nc32)C1. The van der Waals surface area contributed by atoms with E-state index in [1.807, 2.05) is 0 Å². The highest BCUT2D eigenvalue weighted by Gasteiger charge is 2.33. The van der Waals surface area contributed by atoms with E-state index in [1.54, 1.807) is 4.57 Å². The Labute approximate surface area is 205 Å². The van der Waals surface area contributed by atoms with Gasteiger partial charge in [-0.25, -0.2) is 35.9 Å². The molecule has 2 aliphatic rings. The van der Waals surface area contributed by atoms with Gasteiger partial charge in [0.15, 0.2) is 17.3 Å². The van der Waals surface area contributed by atoms with Gasteiger partial charge in [0, 0.05) is 31.3 Å². The minimum atomic E-state index is -3.45. The number of anilines is 3. The fourth-order valence-electron chi connectivity index (χ4n) is 4.79. The number of halogens is 3.